The SMILES string of the molecule is CCC(CC)NC(=O)COC(=O)C1CCN(S(=O)(=O)c2ccccc2C(=O)OC)CC1. The second kappa shape index (κ2) is 11.2. The second-order valence-electron chi connectivity index (χ2n) is 7.35. The van der Waals surface area contributed by atoms with E-state index in [1.54, 1.807) is 6.07 Å². The third-order valence-corrected chi connectivity index (χ3v) is 7.35. The number of ether oxygens (including phenoxy) is 2. The highest BCUT2D eigenvalue weighted by Gasteiger charge is 2.35. The lowest BCUT2D eigenvalue weighted by molar-refractivity contribution is -0.153. The van der Waals surface area contributed by atoms with E-state index in [0.29, 0.717) is 0 Å². The molecule has 1 heterocycles. The van der Waals surface area contributed by atoms with Crippen molar-refractivity contribution < 1.29 is 32.3 Å². The molecule has 0 saturated carbocycles. The second-order valence-corrected chi connectivity index (χ2v) is 9.26. The van der Waals surface area contributed by atoms with Crippen LogP contribution >= 0.6 is 0 Å². The highest BCUT2D eigenvalue weighted by atomic mass is 32.2. The molecule has 0 aromatic heterocycles. The number of methoxy groups -OCH3 is 1. The highest BCUT2D eigenvalue weighted by Crippen LogP contribution is 2.26. The van der Waals surface area contributed by atoms with Crippen LogP contribution in [0.1, 0.15) is 49.9 Å². The maximum Gasteiger partial charge on any atom is 0.339 e. The first-order chi connectivity index (χ1) is 14.7. The molecule has 1 aromatic carbocycles. The minimum Gasteiger partial charge on any atom is -0.465 e. The van der Waals surface area contributed by atoms with Crippen molar-refractivity contribution in [1.29, 1.82) is 0 Å². The summed E-state index contributed by atoms with van der Waals surface area (Å²) in [6, 6.07) is 5.91. The van der Waals surface area contributed by atoms with Crippen LogP contribution < -0.4 is 5.32 Å². The number of amides is 1. The van der Waals surface area contributed by atoms with Crippen molar-refractivity contribution in [2.75, 3.05) is 26.8 Å². The van der Waals surface area contributed by atoms with E-state index in [9.17, 15) is 22.8 Å². The smallest absolute Gasteiger partial charge is 0.339 e. The van der Waals surface area contributed by atoms with Crippen LogP contribution in [0, 0.1) is 5.92 Å². The summed E-state index contributed by atoms with van der Waals surface area (Å²) in [4.78, 5) is 36.0. The van der Waals surface area contributed by atoms with Crippen LogP contribution in [0.2, 0.25) is 0 Å². The van der Waals surface area contributed by atoms with Gasteiger partial charge in [-0.25, -0.2) is 13.2 Å². The molecule has 1 aromatic rings. The Hall–Kier alpha value is -2.46. The highest BCUT2D eigenvalue weighted by molar-refractivity contribution is 7.89. The zero-order valence-corrected chi connectivity index (χ0v) is 18.9. The molecule has 2 rings (SSSR count). The van der Waals surface area contributed by atoms with Gasteiger partial charge in [0.1, 0.15) is 0 Å². The summed E-state index contributed by atoms with van der Waals surface area (Å²) in [6.07, 6.45) is 2.13. The maximum absolute atomic E-state index is 13.0. The zero-order valence-electron chi connectivity index (χ0n) is 18.1. The summed E-state index contributed by atoms with van der Waals surface area (Å²) >= 11 is 0. The van der Waals surface area contributed by atoms with Crippen LogP contribution in [-0.2, 0) is 29.1 Å². The fraction of sp³-hybridized carbons (Fsp3) is 0.571. The molecular weight excluding hydrogens is 424 g/mol. The average Bonchev–Trinajstić information content (AvgIpc) is 2.80. The van der Waals surface area contributed by atoms with Crippen molar-refractivity contribution in [1.82, 2.24) is 9.62 Å². The molecular formula is C21H30N2O7S. The molecule has 1 aliphatic rings. The summed E-state index contributed by atoms with van der Waals surface area (Å²) in [6.45, 7) is 3.80. The Balaban J connectivity index is 1.94. The molecule has 0 bridgehead atoms. The van der Waals surface area contributed by atoms with Gasteiger partial charge in [0.2, 0.25) is 10.0 Å². The number of rotatable bonds is 9. The lowest BCUT2D eigenvalue weighted by atomic mass is 9.98. The van der Waals surface area contributed by atoms with Crippen molar-refractivity contribution in [3.05, 3.63) is 29.8 Å². The van der Waals surface area contributed by atoms with Gasteiger partial charge in [-0.05, 0) is 37.8 Å². The number of benzene rings is 1. The van der Waals surface area contributed by atoms with E-state index < -0.39 is 27.9 Å². The first-order valence-electron chi connectivity index (χ1n) is 10.4. The average molecular weight is 455 g/mol. The Morgan fingerprint density at radius 3 is 2.32 bits per heavy atom. The third-order valence-electron chi connectivity index (χ3n) is 5.39. The van der Waals surface area contributed by atoms with Crippen molar-refractivity contribution >= 4 is 27.9 Å². The Morgan fingerprint density at radius 2 is 1.74 bits per heavy atom. The number of nitrogens with zero attached hydrogens (tertiary/aromatic N) is 1. The standard InChI is InChI=1S/C21H30N2O7S/c1-4-16(5-2)22-19(24)14-30-20(25)15-10-12-23(13-11-15)31(27,28)18-9-7-6-8-17(18)21(26)29-3/h6-9,15-16H,4-5,10-14H2,1-3H3,(H,22,24). The lowest BCUT2D eigenvalue weighted by Gasteiger charge is -2.30. The number of sulfonamides is 1. The summed E-state index contributed by atoms with van der Waals surface area (Å²) in [5, 5.41) is 2.80. The normalized spacial score (nSPS) is 15.5. The summed E-state index contributed by atoms with van der Waals surface area (Å²) in [5.41, 5.74) is -0.0324. The molecule has 31 heavy (non-hydrogen) atoms. The summed E-state index contributed by atoms with van der Waals surface area (Å²) < 4.78 is 37.1. The van der Waals surface area contributed by atoms with Crippen LogP contribution in [0.4, 0.5) is 0 Å². The van der Waals surface area contributed by atoms with Gasteiger partial charge in [0.05, 0.1) is 23.5 Å². The van der Waals surface area contributed by atoms with Crippen molar-refractivity contribution in [2.45, 2.75) is 50.5 Å². The topological polar surface area (TPSA) is 119 Å². The quantitative estimate of drug-likeness (QED) is 0.564. The largest absolute Gasteiger partial charge is 0.465 e. The molecule has 0 radical (unpaired) electrons. The number of nitrogens with one attached hydrogen (secondary N) is 1. The fourth-order valence-corrected chi connectivity index (χ4v) is 5.11. The van der Waals surface area contributed by atoms with Crippen LogP contribution in [0.15, 0.2) is 29.2 Å². The van der Waals surface area contributed by atoms with Crippen molar-refractivity contribution in [3.63, 3.8) is 0 Å². The van der Waals surface area contributed by atoms with Gasteiger partial charge in [0.15, 0.2) is 6.61 Å². The van der Waals surface area contributed by atoms with Gasteiger partial charge in [-0.3, -0.25) is 9.59 Å². The van der Waals surface area contributed by atoms with E-state index >= 15 is 0 Å². The van der Waals surface area contributed by atoms with E-state index in [4.69, 9.17) is 4.74 Å². The number of piperidine rings is 1. The van der Waals surface area contributed by atoms with Gasteiger partial charge < -0.3 is 14.8 Å². The minimum absolute atomic E-state index is 0.0324. The monoisotopic (exact) mass is 454 g/mol. The van der Waals surface area contributed by atoms with E-state index in [1.807, 2.05) is 13.8 Å². The Bertz CT molecular complexity index is 889. The number of hydrogen-bond acceptors (Lipinski definition) is 7. The van der Waals surface area contributed by atoms with Crippen molar-refractivity contribution in [2.24, 2.45) is 5.92 Å². The minimum atomic E-state index is -3.93. The molecule has 1 N–H and O–H groups in total. The lowest BCUT2D eigenvalue weighted by Crippen LogP contribution is -2.42. The zero-order chi connectivity index (χ0) is 23.0. The van der Waals surface area contributed by atoms with E-state index in [-0.39, 0.29) is 54.9 Å². The van der Waals surface area contributed by atoms with Crippen molar-refractivity contribution in [3.8, 4) is 0 Å². The van der Waals surface area contributed by atoms with E-state index in [2.05, 4.69) is 10.1 Å². The number of carbonyl (C=O) groups excluding carboxylic acids is 3. The Labute approximate surface area is 183 Å². The molecule has 172 valence electrons. The number of esters is 2. The molecule has 0 unspecified atom stereocenters. The van der Waals surface area contributed by atoms with Gasteiger partial charge >= 0.3 is 11.9 Å². The van der Waals surface area contributed by atoms with Gasteiger partial charge in [0, 0.05) is 19.1 Å². The summed E-state index contributed by atoms with van der Waals surface area (Å²) in [5.74, 6) is -2.07. The molecule has 0 spiro atoms. The predicted octanol–water partition coefficient (Wildman–Crippen LogP) is 1.72. The molecule has 0 aliphatic carbocycles. The van der Waals surface area contributed by atoms with Crippen LogP contribution in [0.3, 0.4) is 0 Å². The van der Waals surface area contributed by atoms with Crippen LogP contribution in [0.5, 0.6) is 0 Å². The van der Waals surface area contributed by atoms with Crippen LogP contribution in [0.25, 0.3) is 0 Å². The van der Waals surface area contributed by atoms with Gasteiger partial charge in [-0.1, -0.05) is 26.0 Å². The summed E-state index contributed by atoms with van der Waals surface area (Å²) in [7, 11) is -2.74. The van der Waals surface area contributed by atoms with Crippen LogP contribution in [-0.4, -0.2) is 63.4 Å². The Morgan fingerprint density at radius 1 is 1.13 bits per heavy atom. The molecule has 10 heteroatoms. The first-order valence-corrected chi connectivity index (χ1v) is 11.8. The van der Waals surface area contributed by atoms with E-state index in [1.165, 1.54) is 29.6 Å². The number of hydrogen-bond donors (Lipinski definition) is 1. The predicted molar refractivity (Wildman–Crippen MR) is 113 cm³/mol. The third kappa shape index (κ3) is 6.27. The molecule has 1 fully saturated rings. The number of carbonyl (C=O) groups is 3. The molecule has 1 aliphatic heterocycles. The molecule has 9 nitrogen and oxygen atoms in total. The Kier molecular flexibility index (Phi) is 9.00. The molecule has 0 atom stereocenters. The maximum atomic E-state index is 13.0. The van der Waals surface area contributed by atoms with E-state index in [0.717, 1.165) is 12.8 Å². The van der Waals surface area contributed by atoms with Gasteiger partial charge in [-0.15, -0.1) is 0 Å². The van der Waals surface area contributed by atoms with Gasteiger partial charge in [-0.2, -0.15) is 4.31 Å². The first kappa shape index (κ1) is 24.8. The van der Waals surface area contributed by atoms with Gasteiger partial charge in [0.25, 0.3) is 5.91 Å². The fourth-order valence-electron chi connectivity index (χ4n) is 3.46. The molecule has 1 saturated heterocycles. The molecule has 1 amide bonds.